The summed E-state index contributed by atoms with van der Waals surface area (Å²) >= 11 is 0. The summed E-state index contributed by atoms with van der Waals surface area (Å²) in [5.74, 6) is 0.161. The number of pyridine rings is 1. The van der Waals surface area contributed by atoms with E-state index in [1.807, 2.05) is 30.3 Å². The van der Waals surface area contributed by atoms with Crippen LogP contribution in [0.3, 0.4) is 0 Å². The number of carbonyl (C=O) groups is 1. The number of rotatable bonds is 6. The smallest absolute Gasteiger partial charge is 0.333 e. The van der Waals surface area contributed by atoms with Gasteiger partial charge in [0.25, 0.3) is 0 Å². The van der Waals surface area contributed by atoms with E-state index in [0.29, 0.717) is 12.5 Å². The first kappa shape index (κ1) is 14.8. The van der Waals surface area contributed by atoms with E-state index in [-0.39, 0.29) is 5.97 Å². The molecule has 0 saturated heterocycles. The van der Waals surface area contributed by atoms with Crippen molar-refractivity contribution in [2.45, 2.75) is 13.0 Å². The van der Waals surface area contributed by atoms with Crippen LogP contribution in [0.1, 0.15) is 18.5 Å². The van der Waals surface area contributed by atoms with Crippen LogP contribution in [0.5, 0.6) is 5.88 Å². The van der Waals surface area contributed by atoms with Crippen LogP contribution in [0.15, 0.2) is 48.7 Å². The van der Waals surface area contributed by atoms with Gasteiger partial charge in [-0.25, -0.2) is 9.78 Å². The predicted octanol–water partition coefficient (Wildman–Crippen LogP) is 2.81. The normalized spacial score (nSPS) is 11.5. The molecule has 0 saturated carbocycles. The molecule has 110 valence electrons. The molecule has 2 aromatic rings. The van der Waals surface area contributed by atoms with Gasteiger partial charge in [-0.1, -0.05) is 18.2 Å². The highest BCUT2D eigenvalue weighted by Crippen LogP contribution is 2.21. The molecule has 1 atom stereocenters. The minimum atomic E-state index is -0.606. The molecule has 0 spiro atoms. The van der Waals surface area contributed by atoms with E-state index in [2.05, 4.69) is 10.3 Å². The highest BCUT2D eigenvalue weighted by Gasteiger charge is 2.22. The zero-order valence-electron chi connectivity index (χ0n) is 12.1. The first-order chi connectivity index (χ1) is 10.2. The van der Waals surface area contributed by atoms with Crippen molar-refractivity contribution >= 4 is 11.7 Å². The van der Waals surface area contributed by atoms with Crippen molar-refractivity contribution in [2.24, 2.45) is 0 Å². The Morgan fingerprint density at radius 2 is 2.00 bits per heavy atom. The van der Waals surface area contributed by atoms with E-state index in [1.165, 1.54) is 0 Å². The van der Waals surface area contributed by atoms with Gasteiger partial charge in [0, 0.05) is 23.5 Å². The second kappa shape index (κ2) is 7.28. The van der Waals surface area contributed by atoms with Crippen LogP contribution in [0.25, 0.3) is 0 Å². The van der Waals surface area contributed by atoms with E-state index in [1.54, 1.807) is 32.4 Å². The van der Waals surface area contributed by atoms with Crippen molar-refractivity contribution in [2.75, 3.05) is 19.0 Å². The second-order valence-electron chi connectivity index (χ2n) is 4.33. The highest BCUT2D eigenvalue weighted by molar-refractivity contribution is 5.81. The summed E-state index contributed by atoms with van der Waals surface area (Å²) in [6.07, 6.45) is 1.61. The summed E-state index contributed by atoms with van der Waals surface area (Å²) in [4.78, 5) is 16.3. The third-order valence-electron chi connectivity index (χ3n) is 2.91. The van der Waals surface area contributed by atoms with Crippen molar-refractivity contribution in [3.8, 4) is 5.88 Å². The Hall–Kier alpha value is -2.56. The number of anilines is 1. The number of methoxy groups -OCH3 is 1. The lowest BCUT2D eigenvalue weighted by Crippen LogP contribution is -2.23. The molecule has 0 radical (unpaired) electrons. The first-order valence-electron chi connectivity index (χ1n) is 6.72. The number of nitrogens with zero attached hydrogens (tertiary/aromatic N) is 1. The minimum Gasteiger partial charge on any atom is -0.481 e. The Balaban J connectivity index is 2.24. The minimum absolute atomic E-state index is 0.329. The summed E-state index contributed by atoms with van der Waals surface area (Å²) < 4.78 is 10.2. The molecule has 1 N–H and O–H groups in total. The lowest BCUT2D eigenvalue weighted by atomic mass is 10.1. The Labute approximate surface area is 123 Å². The number of esters is 1. The predicted molar refractivity (Wildman–Crippen MR) is 80.2 cm³/mol. The van der Waals surface area contributed by atoms with Crippen LogP contribution in [0.4, 0.5) is 5.69 Å². The van der Waals surface area contributed by atoms with Gasteiger partial charge in [0.15, 0.2) is 6.04 Å². The van der Waals surface area contributed by atoms with E-state index in [4.69, 9.17) is 9.47 Å². The molecule has 0 amide bonds. The average Bonchev–Trinajstić information content (AvgIpc) is 2.54. The Bertz CT molecular complexity index is 570. The molecular weight excluding hydrogens is 268 g/mol. The maximum atomic E-state index is 12.2. The van der Waals surface area contributed by atoms with Gasteiger partial charge in [0.05, 0.1) is 13.7 Å². The molecule has 0 aliphatic heterocycles. The van der Waals surface area contributed by atoms with Gasteiger partial charge < -0.3 is 14.8 Å². The number of aromatic nitrogens is 1. The number of hydrogen-bond donors (Lipinski definition) is 1. The quantitative estimate of drug-likeness (QED) is 0.827. The van der Waals surface area contributed by atoms with Crippen molar-refractivity contribution in [3.63, 3.8) is 0 Å². The molecule has 5 nitrogen and oxygen atoms in total. The van der Waals surface area contributed by atoms with Crippen LogP contribution in [-0.4, -0.2) is 24.7 Å². The second-order valence-corrected chi connectivity index (χ2v) is 4.33. The third kappa shape index (κ3) is 3.95. The average molecular weight is 286 g/mol. The maximum absolute atomic E-state index is 12.2. The van der Waals surface area contributed by atoms with E-state index in [9.17, 15) is 4.79 Å². The van der Waals surface area contributed by atoms with Crippen LogP contribution >= 0.6 is 0 Å². The molecule has 1 unspecified atom stereocenters. The van der Waals surface area contributed by atoms with Gasteiger partial charge in [-0.05, 0) is 25.1 Å². The molecule has 0 fully saturated rings. The summed E-state index contributed by atoms with van der Waals surface area (Å²) in [5.41, 5.74) is 1.56. The molecule has 0 aliphatic rings. The number of benzene rings is 1. The van der Waals surface area contributed by atoms with Crippen LogP contribution < -0.4 is 10.1 Å². The fraction of sp³-hybridized carbons (Fsp3) is 0.250. The lowest BCUT2D eigenvalue weighted by Gasteiger charge is -2.18. The zero-order chi connectivity index (χ0) is 15.1. The Morgan fingerprint density at radius 1 is 1.24 bits per heavy atom. The summed E-state index contributed by atoms with van der Waals surface area (Å²) in [6.45, 7) is 2.11. The number of ether oxygens (including phenoxy) is 2. The molecule has 1 aromatic carbocycles. The molecular formula is C16H18N2O3. The van der Waals surface area contributed by atoms with Gasteiger partial charge in [0.1, 0.15) is 0 Å². The number of nitrogens with one attached hydrogen (secondary N) is 1. The Kier molecular flexibility index (Phi) is 5.15. The summed E-state index contributed by atoms with van der Waals surface area (Å²) in [7, 11) is 1.55. The third-order valence-corrected chi connectivity index (χ3v) is 2.91. The number of carbonyl (C=O) groups excluding carboxylic acids is 1. The molecule has 5 heteroatoms. The largest absolute Gasteiger partial charge is 0.481 e. The number of para-hydroxylation sites is 1. The van der Waals surface area contributed by atoms with Crippen molar-refractivity contribution < 1.29 is 14.3 Å². The van der Waals surface area contributed by atoms with E-state index >= 15 is 0 Å². The number of hydrogen-bond acceptors (Lipinski definition) is 5. The molecule has 1 heterocycles. The van der Waals surface area contributed by atoms with Crippen molar-refractivity contribution in [3.05, 3.63) is 54.2 Å². The van der Waals surface area contributed by atoms with Gasteiger partial charge in [-0.3, -0.25) is 0 Å². The fourth-order valence-electron chi connectivity index (χ4n) is 1.89. The SMILES string of the molecule is CCOC(=O)C(Nc1ccccc1)c1ccc(OC)nc1. The standard InChI is InChI=1S/C16H18N2O3/c1-3-21-16(19)15(18-13-7-5-4-6-8-13)12-9-10-14(20-2)17-11-12/h4-11,15,18H,3H2,1-2H3. The first-order valence-corrected chi connectivity index (χ1v) is 6.72. The Morgan fingerprint density at radius 3 is 2.57 bits per heavy atom. The molecule has 0 aliphatic carbocycles. The topological polar surface area (TPSA) is 60.5 Å². The van der Waals surface area contributed by atoms with Crippen molar-refractivity contribution in [1.29, 1.82) is 0 Å². The lowest BCUT2D eigenvalue weighted by molar-refractivity contribution is -0.144. The van der Waals surface area contributed by atoms with Crippen LogP contribution in [0.2, 0.25) is 0 Å². The van der Waals surface area contributed by atoms with Crippen molar-refractivity contribution in [1.82, 2.24) is 4.98 Å². The van der Waals surface area contributed by atoms with E-state index in [0.717, 1.165) is 11.3 Å². The maximum Gasteiger partial charge on any atom is 0.333 e. The molecule has 0 bridgehead atoms. The van der Waals surface area contributed by atoms with E-state index < -0.39 is 6.04 Å². The van der Waals surface area contributed by atoms with Gasteiger partial charge in [-0.15, -0.1) is 0 Å². The summed E-state index contributed by atoms with van der Waals surface area (Å²) in [6, 6.07) is 12.4. The van der Waals surface area contributed by atoms with Crippen LogP contribution in [-0.2, 0) is 9.53 Å². The zero-order valence-corrected chi connectivity index (χ0v) is 12.1. The molecule has 21 heavy (non-hydrogen) atoms. The summed E-state index contributed by atoms with van der Waals surface area (Å²) in [5, 5.41) is 3.16. The highest BCUT2D eigenvalue weighted by atomic mass is 16.5. The van der Waals surface area contributed by atoms with Gasteiger partial charge in [0.2, 0.25) is 5.88 Å². The van der Waals surface area contributed by atoms with Crippen LogP contribution in [0, 0.1) is 0 Å². The monoisotopic (exact) mass is 286 g/mol. The van der Waals surface area contributed by atoms with Gasteiger partial charge >= 0.3 is 5.97 Å². The molecule has 1 aromatic heterocycles. The fourth-order valence-corrected chi connectivity index (χ4v) is 1.89. The molecule has 2 rings (SSSR count). The van der Waals surface area contributed by atoms with Gasteiger partial charge in [-0.2, -0.15) is 0 Å².